The SMILES string of the molecule is CS(=O)(=O)c1cc([N+](=O)[O-])c(NCc2cn3cc(Cl)ccc3n2)s1. The highest BCUT2D eigenvalue weighted by atomic mass is 35.5. The Morgan fingerprint density at radius 2 is 2.17 bits per heavy atom. The molecule has 0 atom stereocenters. The van der Waals surface area contributed by atoms with Crippen molar-refractivity contribution < 1.29 is 13.3 Å². The average Bonchev–Trinajstić information content (AvgIpc) is 3.07. The Balaban J connectivity index is 1.87. The minimum Gasteiger partial charge on any atom is -0.366 e. The van der Waals surface area contributed by atoms with Crippen molar-refractivity contribution in [3.63, 3.8) is 0 Å². The first-order valence-corrected chi connectivity index (χ1v) is 9.68. The van der Waals surface area contributed by atoms with Gasteiger partial charge in [0.15, 0.2) is 14.8 Å². The molecule has 3 heterocycles. The molecule has 0 aliphatic rings. The summed E-state index contributed by atoms with van der Waals surface area (Å²) in [6, 6.07) is 4.52. The first-order chi connectivity index (χ1) is 11.2. The van der Waals surface area contributed by atoms with Gasteiger partial charge in [-0.25, -0.2) is 13.4 Å². The Hall–Kier alpha value is -2.17. The predicted molar refractivity (Wildman–Crippen MR) is 91.6 cm³/mol. The average molecular weight is 387 g/mol. The second kappa shape index (κ2) is 6.04. The van der Waals surface area contributed by atoms with Crippen molar-refractivity contribution in [2.24, 2.45) is 0 Å². The molecule has 0 bridgehead atoms. The van der Waals surface area contributed by atoms with E-state index >= 15 is 0 Å². The fourth-order valence-electron chi connectivity index (χ4n) is 2.08. The molecule has 8 nitrogen and oxygen atoms in total. The van der Waals surface area contributed by atoms with E-state index in [0.29, 0.717) is 16.4 Å². The van der Waals surface area contributed by atoms with Crippen LogP contribution in [0.3, 0.4) is 0 Å². The molecule has 0 aliphatic carbocycles. The van der Waals surface area contributed by atoms with E-state index in [9.17, 15) is 18.5 Å². The molecule has 3 aromatic rings. The fraction of sp³-hybridized carbons (Fsp3) is 0.154. The zero-order valence-electron chi connectivity index (χ0n) is 12.3. The summed E-state index contributed by atoms with van der Waals surface area (Å²) in [4.78, 5) is 14.8. The van der Waals surface area contributed by atoms with Crippen LogP contribution in [-0.2, 0) is 16.4 Å². The molecule has 0 aliphatic heterocycles. The maximum atomic E-state index is 11.6. The molecule has 0 saturated heterocycles. The Morgan fingerprint density at radius 1 is 1.42 bits per heavy atom. The summed E-state index contributed by atoms with van der Waals surface area (Å²) in [5.41, 5.74) is 1.06. The van der Waals surface area contributed by atoms with Crippen molar-refractivity contribution in [3.8, 4) is 0 Å². The molecular formula is C13H11ClN4O4S2. The molecule has 126 valence electrons. The third-order valence-corrected chi connectivity index (χ3v) is 6.25. The van der Waals surface area contributed by atoms with E-state index in [1.807, 2.05) is 0 Å². The molecule has 1 N–H and O–H groups in total. The largest absolute Gasteiger partial charge is 0.366 e. The Bertz CT molecular complexity index is 1040. The highest BCUT2D eigenvalue weighted by Crippen LogP contribution is 2.37. The van der Waals surface area contributed by atoms with E-state index in [0.717, 1.165) is 23.7 Å². The van der Waals surface area contributed by atoms with Gasteiger partial charge < -0.3 is 9.72 Å². The van der Waals surface area contributed by atoms with Gasteiger partial charge in [-0.15, -0.1) is 0 Å². The summed E-state index contributed by atoms with van der Waals surface area (Å²) >= 11 is 6.73. The molecule has 0 aromatic carbocycles. The molecular weight excluding hydrogens is 376 g/mol. The molecule has 0 saturated carbocycles. The van der Waals surface area contributed by atoms with Crippen molar-refractivity contribution in [2.75, 3.05) is 11.6 Å². The number of sulfone groups is 1. The number of pyridine rings is 1. The Labute approximate surface area is 145 Å². The van der Waals surface area contributed by atoms with Gasteiger partial charge in [0.1, 0.15) is 9.86 Å². The third-order valence-electron chi connectivity index (χ3n) is 3.15. The second-order valence-corrected chi connectivity index (χ2v) is 8.74. The number of nitrogens with one attached hydrogen (secondary N) is 1. The lowest BCUT2D eigenvalue weighted by Gasteiger charge is -2.00. The number of hydrogen-bond acceptors (Lipinski definition) is 7. The van der Waals surface area contributed by atoms with Gasteiger partial charge in [-0.3, -0.25) is 10.1 Å². The number of imidazole rings is 1. The number of aromatic nitrogens is 2. The van der Waals surface area contributed by atoms with Crippen molar-refractivity contribution >= 4 is 49.1 Å². The van der Waals surface area contributed by atoms with Crippen LogP contribution >= 0.6 is 22.9 Å². The van der Waals surface area contributed by atoms with Crippen LogP contribution in [0.2, 0.25) is 5.02 Å². The van der Waals surface area contributed by atoms with Gasteiger partial charge in [0.2, 0.25) is 0 Å². The topological polar surface area (TPSA) is 107 Å². The maximum Gasteiger partial charge on any atom is 0.304 e. The highest BCUT2D eigenvalue weighted by molar-refractivity contribution is 7.92. The lowest BCUT2D eigenvalue weighted by Crippen LogP contribution is -2.00. The molecule has 0 unspecified atom stereocenters. The molecule has 0 spiro atoms. The number of fused-ring (bicyclic) bond motifs is 1. The van der Waals surface area contributed by atoms with Crippen LogP contribution in [0, 0.1) is 10.1 Å². The smallest absolute Gasteiger partial charge is 0.304 e. The second-order valence-electron chi connectivity index (χ2n) is 5.01. The predicted octanol–water partition coefficient (Wildman–Crippen LogP) is 2.97. The van der Waals surface area contributed by atoms with Crippen LogP contribution in [0.15, 0.2) is 34.8 Å². The zero-order chi connectivity index (χ0) is 17.5. The maximum absolute atomic E-state index is 11.6. The summed E-state index contributed by atoms with van der Waals surface area (Å²) in [6.07, 6.45) is 4.45. The van der Waals surface area contributed by atoms with Gasteiger partial charge in [-0.05, 0) is 12.1 Å². The molecule has 24 heavy (non-hydrogen) atoms. The van der Waals surface area contributed by atoms with E-state index in [1.54, 1.807) is 28.9 Å². The van der Waals surface area contributed by atoms with E-state index in [4.69, 9.17) is 11.6 Å². The zero-order valence-corrected chi connectivity index (χ0v) is 14.7. The van der Waals surface area contributed by atoms with Crippen molar-refractivity contribution in [1.82, 2.24) is 9.38 Å². The summed E-state index contributed by atoms with van der Waals surface area (Å²) in [5, 5.41) is 14.7. The molecule has 11 heteroatoms. The van der Waals surface area contributed by atoms with Crippen molar-refractivity contribution in [3.05, 3.63) is 51.4 Å². The van der Waals surface area contributed by atoms with Gasteiger partial charge in [0.05, 0.1) is 22.2 Å². The number of hydrogen-bond donors (Lipinski definition) is 1. The number of thiophene rings is 1. The Kier molecular flexibility index (Phi) is 4.20. The normalized spacial score (nSPS) is 11.8. The van der Waals surface area contributed by atoms with E-state index in [2.05, 4.69) is 10.3 Å². The highest BCUT2D eigenvalue weighted by Gasteiger charge is 2.23. The molecule has 0 amide bonds. The lowest BCUT2D eigenvalue weighted by atomic mass is 10.4. The molecule has 3 rings (SSSR count). The quantitative estimate of drug-likeness (QED) is 0.533. The van der Waals surface area contributed by atoms with Gasteiger partial charge >= 0.3 is 5.69 Å². The van der Waals surface area contributed by atoms with Crippen LogP contribution < -0.4 is 5.32 Å². The van der Waals surface area contributed by atoms with E-state index < -0.39 is 14.8 Å². The number of rotatable bonds is 5. The number of nitro groups is 1. The summed E-state index contributed by atoms with van der Waals surface area (Å²) in [6.45, 7) is 0.212. The van der Waals surface area contributed by atoms with E-state index in [-0.39, 0.29) is 21.4 Å². The van der Waals surface area contributed by atoms with Crippen LogP contribution in [0.1, 0.15) is 5.69 Å². The van der Waals surface area contributed by atoms with Crippen LogP contribution in [0.5, 0.6) is 0 Å². The Morgan fingerprint density at radius 3 is 2.83 bits per heavy atom. The van der Waals surface area contributed by atoms with Gasteiger partial charge in [0, 0.05) is 24.7 Å². The van der Waals surface area contributed by atoms with Gasteiger partial charge in [0.25, 0.3) is 0 Å². The minimum atomic E-state index is -3.51. The standard InChI is InChI=1S/C13H11ClN4O4S2/c1-24(21,22)12-4-10(18(19)20)13(23-12)15-5-9-7-17-6-8(14)2-3-11(17)16-9/h2-4,6-7,15H,5H2,1H3. The summed E-state index contributed by atoms with van der Waals surface area (Å²) < 4.78 is 24.8. The molecule has 0 radical (unpaired) electrons. The van der Waals surface area contributed by atoms with Crippen LogP contribution in [0.4, 0.5) is 10.7 Å². The fourth-order valence-corrected chi connectivity index (χ4v) is 4.18. The van der Waals surface area contributed by atoms with Gasteiger partial charge in [-0.1, -0.05) is 22.9 Å². The van der Waals surface area contributed by atoms with Crippen LogP contribution in [-0.4, -0.2) is 29.0 Å². The summed E-state index contributed by atoms with van der Waals surface area (Å²) in [7, 11) is -3.51. The van der Waals surface area contributed by atoms with Crippen LogP contribution in [0.25, 0.3) is 5.65 Å². The first-order valence-electron chi connectivity index (χ1n) is 6.59. The van der Waals surface area contributed by atoms with Crippen molar-refractivity contribution in [1.29, 1.82) is 0 Å². The number of anilines is 1. The lowest BCUT2D eigenvalue weighted by molar-refractivity contribution is -0.383. The third kappa shape index (κ3) is 3.35. The van der Waals surface area contributed by atoms with Gasteiger partial charge in [-0.2, -0.15) is 0 Å². The molecule has 3 aromatic heterocycles. The van der Waals surface area contributed by atoms with Crippen molar-refractivity contribution in [2.45, 2.75) is 10.8 Å². The summed E-state index contributed by atoms with van der Waals surface area (Å²) in [5.74, 6) is 0. The molecule has 0 fully saturated rings. The number of halogens is 1. The first kappa shape index (κ1) is 16.7. The minimum absolute atomic E-state index is 0.0570. The monoisotopic (exact) mass is 386 g/mol. The van der Waals surface area contributed by atoms with E-state index in [1.165, 1.54) is 0 Å². The number of nitrogens with zero attached hydrogens (tertiary/aromatic N) is 3.